The Morgan fingerprint density at radius 2 is 2.21 bits per heavy atom. The maximum atomic E-state index is 14.2. The number of carbonyl (C=O) groups is 2. The number of aryl methyl sites for hydroxylation is 2. The molecule has 2 atom stereocenters. The topological polar surface area (TPSA) is 98.1 Å². The van der Waals surface area contributed by atoms with Crippen molar-refractivity contribution in [2.24, 2.45) is 5.92 Å². The molecule has 9 heteroatoms. The zero-order valence-corrected chi connectivity index (χ0v) is 16.7. The van der Waals surface area contributed by atoms with Gasteiger partial charge in [0.15, 0.2) is 5.82 Å². The number of nitrogens with zero attached hydrogens (tertiary/aromatic N) is 3. The third-order valence-corrected chi connectivity index (χ3v) is 5.36. The van der Waals surface area contributed by atoms with E-state index in [1.54, 1.807) is 13.0 Å². The monoisotopic (exact) mass is 401 g/mol. The lowest BCUT2D eigenvalue weighted by molar-refractivity contribution is -0.118. The number of nitrogens with one attached hydrogen (secondary N) is 2. The summed E-state index contributed by atoms with van der Waals surface area (Å²) in [7, 11) is 0. The van der Waals surface area contributed by atoms with Crippen LogP contribution >= 0.6 is 0 Å². The fourth-order valence-electron chi connectivity index (χ4n) is 3.83. The van der Waals surface area contributed by atoms with Crippen molar-refractivity contribution in [1.29, 1.82) is 0 Å². The number of halogens is 1. The van der Waals surface area contributed by atoms with Gasteiger partial charge in [0.05, 0.1) is 6.04 Å². The number of fused-ring (bicyclic) bond motifs is 2. The zero-order chi connectivity index (χ0) is 20.7. The summed E-state index contributed by atoms with van der Waals surface area (Å²) >= 11 is 0. The number of amides is 2. The lowest BCUT2D eigenvalue weighted by atomic mass is 9.95. The molecule has 0 saturated carbocycles. The summed E-state index contributed by atoms with van der Waals surface area (Å²) in [5.74, 6) is -0.253. The van der Waals surface area contributed by atoms with Crippen molar-refractivity contribution in [1.82, 2.24) is 20.1 Å². The Morgan fingerprint density at radius 1 is 1.41 bits per heavy atom. The Morgan fingerprint density at radius 3 is 2.97 bits per heavy atom. The van der Waals surface area contributed by atoms with Crippen LogP contribution in [0.15, 0.2) is 12.1 Å². The van der Waals surface area contributed by atoms with Crippen LogP contribution in [0.5, 0.6) is 5.75 Å². The first-order chi connectivity index (χ1) is 13.8. The molecule has 0 saturated heterocycles. The van der Waals surface area contributed by atoms with Crippen LogP contribution in [-0.2, 0) is 11.2 Å². The molecule has 0 spiro atoms. The van der Waals surface area contributed by atoms with E-state index in [4.69, 9.17) is 4.74 Å². The predicted octanol–water partition coefficient (Wildman–Crippen LogP) is 2.39. The van der Waals surface area contributed by atoms with Gasteiger partial charge in [0.25, 0.3) is 11.8 Å². The molecule has 2 amide bonds. The Balaban J connectivity index is 1.51. The first-order valence-corrected chi connectivity index (χ1v) is 9.83. The van der Waals surface area contributed by atoms with E-state index < -0.39 is 23.7 Å². The summed E-state index contributed by atoms with van der Waals surface area (Å²) in [4.78, 5) is 29.6. The van der Waals surface area contributed by atoms with E-state index in [0.717, 1.165) is 25.1 Å². The minimum atomic E-state index is -0.990. The van der Waals surface area contributed by atoms with Crippen molar-refractivity contribution in [2.75, 3.05) is 11.9 Å². The molecule has 1 aromatic heterocycles. The Bertz CT molecular complexity index is 971. The van der Waals surface area contributed by atoms with Crippen molar-refractivity contribution in [3.8, 4) is 5.75 Å². The molecule has 2 aliphatic heterocycles. The second kappa shape index (κ2) is 7.46. The van der Waals surface area contributed by atoms with E-state index in [-0.39, 0.29) is 29.9 Å². The van der Waals surface area contributed by atoms with Crippen LogP contribution in [0.4, 0.5) is 10.1 Å². The number of benzene rings is 1. The van der Waals surface area contributed by atoms with Gasteiger partial charge in [-0.3, -0.25) is 9.59 Å². The van der Waals surface area contributed by atoms with E-state index in [9.17, 15) is 14.0 Å². The second-order valence-electron chi connectivity index (χ2n) is 7.95. The van der Waals surface area contributed by atoms with Gasteiger partial charge in [-0.25, -0.2) is 14.1 Å². The molecule has 3 heterocycles. The summed E-state index contributed by atoms with van der Waals surface area (Å²) in [6.07, 6.45) is 2.77. The van der Waals surface area contributed by atoms with Gasteiger partial charge in [0.1, 0.15) is 29.9 Å². The van der Waals surface area contributed by atoms with E-state index in [2.05, 4.69) is 34.6 Å². The molecular formula is C20H24FN5O3. The SMILES string of the molecule is Cc1cc(F)c2c(c1)OC[C@H](NC(=O)c1nc3n(n1)[C@@H](C(C)C)CCC3)C(=O)N2. The minimum Gasteiger partial charge on any atom is -0.489 e. The number of ether oxygens (including phenoxy) is 1. The fourth-order valence-corrected chi connectivity index (χ4v) is 3.83. The fraction of sp³-hybridized carbons (Fsp3) is 0.500. The van der Waals surface area contributed by atoms with Crippen LogP contribution in [0, 0.1) is 18.7 Å². The molecule has 154 valence electrons. The van der Waals surface area contributed by atoms with Crippen LogP contribution in [0.25, 0.3) is 0 Å². The third kappa shape index (κ3) is 3.68. The van der Waals surface area contributed by atoms with E-state index >= 15 is 0 Å². The maximum absolute atomic E-state index is 14.2. The summed E-state index contributed by atoms with van der Waals surface area (Å²) in [6, 6.07) is 2.17. The molecule has 0 unspecified atom stereocenters. The largest absolute Gasteiger partial charge is 0.489 e. The summed E-state index contributed by atoms with van der Waals surface area (Å²) in [5, 5.41) is 9.50. The Labute approximate surface area is 167 Å². The molecular weight excluding hydrogens is 377 g/mol. The lowest BCUT2D eigenvalue weighted by Gasteiger charge is -2.26. The molecule has 0 bridgehead atoms. The normalized spacial score (nSPS) is 20.9. The average molecular weight is 401 g/mol. The van der Waals surface area contributed by atoms with Gasteiger partial charge in [0, 0.05) is 6.42 Å². The van der Waals surface area contributed by atoms with Gasteiger partial charge in [-0.15, -0.1) is 5.10 Å². The molecule has 4 rings (SSSR count). The van der Waals surface area contributed by atoms with Crippen molar-refractivity contribution < 1.29 is 18.7 Å². The van der Waals surface area contributed by atoms with Crippen molar-refractivity contribution in [3.63, 3.8) is 0 Å². The summed E-state index contributed by atoms with van der Waals surface area (Å²) < 4.78 is 21.6. The van der Waals surface area contributed by atoms with E-state index in [1.165, 1.54) is 6.07 Å². The third-order valence-electron chi connectivity index (χ3n) is 5.36. The van der Waals surface area contributed by atoms with Crippen molar-refractivity contribution >= 4 is 17.5 Å². The molecule has 0 radical (unpaired) electrons. The number of hydrogen-bond acceptors (Lipinski definition) is 5. The average Bonchev–Trinajstić information content (AvgIpc) is 3.04. The minimum absolute atomic E-state index is 0.0206. The second-order valence-corrected chi connectivity index (χ2v) is 7.95. The molecule has 0 fully saturated rings. The number of anilines is 1. The van der Waals surface area contributed by atoms with Crippen molar-refractivity contribution in [2.45, 2.75) is 52.1 Å². The molecule has 2 aromatic rings. The van der Waals surface area contributed by atoms with Crippen LogP contribution in [0.3, 0.4) is 0 Å². The Hall–Kier alpha value is -2.97. The quantitative estimate of drug-likeness (QED) is 0.823. The molecule has 2 aliphatic rings. The van der Waals surface area contributed by atoms with Gasteiger partial charge in [0.2, 0.25) is 5.82 Å². The van der Waals surface area contributed by atoms with Crippen molar-refractivity contribution in [3.05, 3.63) is 35.2 Å². The molecule has 29 heavy (non-hydrogen) atoms. The summed E-state index contributed by atoms with van der Waals surface area (Å²) in [5.41, 5.74) is 0.651. The van der Waals surface area contributed by atoms with Gasteiger partial charge in [-0.05, 0) is 43.4 Å². The van der Waals surface area contributed by atoms with Crippen LogP contribution in [0.2, 0.25) is 0 Å². The number of aromatic nitrogens is 3. The highest BCUT2D eigenvalue weighted by Crippen LogP contribution is 2.31. The summed E-state index contributed by atoms with van der Waals surface area (Å²) in [6.45, 7) is 5.85. The maximum Gasteiger partial charge on any atom is 0.291 e. The first kappa shape index (κ1) is 19.4. The predicted molar refractivity (Wildman–Crippen MR) is 103 cm³/mol. The highest BCUT2D eigenvalue weighted by molar-refractivity contribution is 6.01. The molecule has 1 aromatic carbocycles. The standard InChI is InChI=1S/C20H24FN5O3/c1-10(2)14-5-4-6-16-23-18(25-26(14)16)20(28)22-13-9-29-15-8-11(3)7-12(21)17(15)24-19(13)27/h7-8,10,13-14H,4-6,9H2,1-3H3,(H,22,28)(H,24,27)/t13-,14+/m0/s1. The van der Waals surface area contributed by atoms with Crippen LogP contribution < -0.4 is 15.4 Å². The van der Waals surface area contributed by atoms with Crippen LogP contribution in [0.1, 0.15) is 54.7 Å². The number of carbonyl (C=O) groups excluding carboxylic acids is 2. The van der Waals surface area contributed by atoms with Crippen LogP contribution in [-0.4, -0.2) is 39.2 Å². The lowest BCUT2D eigenvalue weighted by Crippen LogP contribution is -2.46. The number of hydrogen-bond donors (Lipinski definition) is 2. The molecule has 0 aliphatic carbocycles. The number of rotatable bonds is 3. The zero-order valence-electron chi connectivity index (χ0n) is 16.7. The smallest absolute Gasteiger partial charge is 0.291 e. The van der Waals surface area contributed by atoms with E-state index in [0.29, 0.717) is 11.5 Å². The van der Waals surface area contributed by atoms with Gasteiger partial charge < -0.3 is 15.4 Å². The van der Waals surface area contributed by atoms with Gasteiger partial charge >= 0.3 is 0 Å². The highest BCUT2D eigenvalue weighted by Gasteiger charge is 2.31. The van der Waals surface area contributed by atoms with Gasteiger partial charge in [-0.1, -0.05) is 13.8 Å². The van der Waals surface area contributed by atoms with Gasteiger partial charge in [-0.2, -0.15) is 0 Å². The van der Waals surface area contributed by atoms with E-state index in [1.807, 2.05) is 4.68 Å². The molecule has 2 N–H and O–H groups in total. The highest BCUT2D eigenvalue weighted by atomic mass is 19.1. The Kier molecular flexibility index (Phi) is 4.97. The molecule has 8 nitrogen and oxygen atoms in total. The first-order valence-electron chi connectivity index (χ1n) is 9.83.